The van der Waals surface area contributed by atoms with Crippen molar-refractivity contribution in [3.05, 3.63) is 34.9 Å². The Morgan fingerprint density at radius 1 is 1.48 bits per heavy atom. The summed E-state index contributed by atoms with van der Waals surface area (Å²) in [6, 6.07) is 5.73. The van der Waals surface area contributed by atoms with Crippen LogP contribution in [-0.2, 0) is 4.74 Å². The van der Waals surface area contributed by atoms with E-state index in [-0.39, 0.29) is 24.7 Å². The number of benzene rings is 1. The Labute approximate surface area is 125 Å². The average Bonchev–Trinajstić information content (AvgIpc) is 2.43. The van der Waals surface area contributed by atoms with Gasteiger partial charge in [0.05, 0.1) is 11.7 Å². The molecule has 0 aliphatic heterocycles. The van der Waals surface area contributed by atoms with Crippen LogP contribution in [-0.4, -0.2) is 36.4 Å². The molecule has 21 heavy (non-hydrogen) atoms. The summed E-state index contributed by atoms with van der Waals surface area (Å²) in [6.45, 7) is 4.41. The summed E-state index contributed by atoms with van der Waals surface area (Å²) >= 11 is 0. The predicted octanol–water partition coefficient (Wildman–Crippen LogP) is 1.64. The first-order valence-corrected chi connectivity index (χ1v) is 7.27. The van der Waals surface area contributed by atoms with Gasteiger partial charge in [-0.15, -0.1) is 0 Å². The Balaban J connectivity index is 2.03. The molecule has 0 atom stereocenters. The van der Waals surface area contributed by atoms with Gasteiger partial charge in [-0.2, -0.15) is 0 Å². The van der Waals surface area contributed by atoms with E-state index in [4.69, 9.17) is 9.84 Å². The van der Waals surface area contributed by atoms with Gasteiger partial charge in [0.15, 0.2) is 0 Å². The number of aliphatic hydroxyl groups excluding tert-OH is 1. The Morgan fingerprint density at radius 3 is 2.90 bits per heavy atom. The number of nitrogens with one attached hydrogen (secondary N) is 1. The zero-order chi connectivity index (χ0) is 15.2. The highest BCUT2D eigenvalue weighted by Gasteiger charge is 2.31. The van der Waals surface area contributed by atoms with Crippen LogP contribution in [0.1, 0.15) is 41.3 Å². The molecule has 2 N–H and O–H groups in total. The lowest BCUT2D eigenvalue weighted by atomic mass is 9.88. The summed E-state index contributed by atoms with van der Waals surface area (Å²) < 4.78 is 5.49. The highest BCUT2D eigenvalue weighted by atomic mass is 16.5. The van der Waals surface area contributed by atoms with Crippen molar-refractivity contribution in [2.75, 3.05) is 13.2 Å². The van der Waals surface area contributed by atoms with Gasteiger partial charge < -0.3 is 15.2 Å². The first-order valence-electron chi connectivity index (χ1n) is 7.27. The fraction of sp³-hybridized carbons (Fsp3) is 0.471. The lowest BCUT2D eigenvalue weighted by Gasteiger charge is -2.35. The number of aryl methyl sites for hydroxylation is 1. The second-order valence-corrected chi connectivity index (χ2v) is 5.23. The largest absolute Gasteiger partial charge is 0.384 e. The maximum atomic E-state index is 12.4. The van der Waals surface area contributed by atoms with Crippen molar-refractivity contribution < 1.29 is 14.6 Å². The van der Waals surface area contributed by atoms with Gasteiger partial charge in [-0.1, -0.05) is 23.5 Å². The van der Waals surface area contributed by atoms with E-state index >= 15 is 0 Å². The zero-order valence-corrected chi connectivity index (χ0v) is 12.5. The topological polar surface area (TPSA) is 58.6 Å². The van der Waals surface area contributed by atoms with E-state index in [2.05, 4.69) is 17.2 Å². The molecular weight excluding hydrogens is 266 g/mol. The molecule has 0 bridgehead atoms. The van der Waals surface area contributed by atoms with Crippen LogP contribution in [0.25, 0.3) is 0 Å². The zero-order valence-electron chi connectivity index (χ0n) is 12.5. The maximum absolute atomic E-state index is 12.4. The van der Waals surface area contributed by atoms with Gasteiger partial charge in [0.2, 0.25) is 0 Å². The van der Waals surface area contributed by atoms with Gasteiger partial charge in [0.25, 0.3) is 5.91 Å². The van der Waals surface area contributed by atoms with E-state index in [1.807, 2.05) is 32.0 Å². The first kappa shape index (κ1) is 15.6. The van der Waals surface area contributed by atoms with E-state index < -0.39 is 0 Å². The summed E-state index contributed by atoms with van der Waals surface area (Å²) in [7, 11) is 0. The number of hydrogen-bond acceptors (Lipinski definition) is 3. The number of ether oxygens (including phenoxy) is 1. The molecule has 1 aromatic rings. The van der Waals surface area contributed by atoms with Crippen LogP contribution in [0.2, 0.25) is 0 Å². The monoisotopic (exact) mass is 287 g/mol. The molecule has 0 spiro atoms. The fourth-order valence-corrected chi connectivity index (χ4v) is 2.41. The van der Waals surface area contributed by atoms with E-state index in [0.29, 0.717) is 17.7 Å². The predicted molar refractivity (Wildman–Crippen MR) is 81.0 cm³/mol. The number of rotatable bonds is 4. The van der Waals surface area contributed by atoms with Crippen molar-refractivity contribution in [1.82, 2.24) is 5.32 Å². The van der Waals surface area contributed by atoms with Crippen LogP contribution in [0.5, 0.6) is 0 Å². The van der Waals surface area contributed by atoms with Crippen LogP contribution >= 0.6 is 0 Å². The van der Waals surface area contributed by atoms with Crippen LogP contribution in [0, 0.1) is 18.8 Å². The van der Waals surface area contributed by atoms with Crippen molar-refractivity contribution in [3.63, 3.8) is 0 Å². The number of aliphatic hydroxyl groups is 1. The number of carbonyl (C=O) groups is 1. The van der Waals surface area contributed by atoms with Gasteiger partial charge in [0.1, 0.15) is 6.61 Å². The van der Waals surface area contributed by atoms with Gasteiger partial charge >= 0.3 is 0 Å². The molecule has 4 heteroatoms. The Kier molecular flexibility index (Phi) is 5.38. The lowest BCUT2D eigenvalue weighted by molar-refractivity contribution is -0.00862. The van der Waals surface area contributed by atoms with Crippen molar-refractivity contribution in [2.24, 2.45) is 0 Å². The number of hydrogen-bond donors (Lipinski definition) is 2. The highest BCUT2D eigenvalue weighted by Crippen LogP contribution is 2.24. The minimum absolute atomic E-state index is 0.110. The molecule has 0 aromatic heterocycles. The van der Waals surface area contributed by atoms with Gasteiger partial charge in [0, 0.05) is 18.2 Å². The number of amides is 1. The molecule has 1 aromatic carbocycles. The van der Waals surface area contributed by atoms with Gasteiger partial charge in [-0.3, -0.25) is 4.79 Å². The third kappa shape index (κ3) is 4.07. The Hall–Kier alpha value is -1.83. The summed E-state index contributed by atoms with van der Waals surface area (Å²) in [5.41, 5.74) is 2.22. The van der Waals surface area contributed by atoms with Crippen molar-refractivity contribution in [3.8, 4) is 11.8 Å². The van der Waals surface area contributed by atoms with Crippen LogP contribution < -0.4 is 5.32 Å². The summed E-state index contributed by atoms with van der Waals surface area (Å²) in [5.74, 6) is 5.30. The average molecular weight is 287 g/mol. The maximum Gasteiger partial charge on any atom is 0.252 e. The summed E-state index contributed by atoms with van der Waals surface area (Å²) in [4.78, 5) is 12.4. The van der Waals surface area contributed by atoms with Crippen LogP contribution in [0.4, 0.5) is 0 Å². The molecule has 1 aliphatic rings. The van der Waals surface area contributed by atoms with E-state index in [1.54, 1.807) is 0 Å². The second-order valence-electron chi connectivity index (χ2n) is 5.23. The molecule has 1 aliphatic carbocycles. The molecule has 1 amide bonds. The SMILES string of the molecule is CCOC1CC(NC(=O)c2cc(C)ccc2C#CCO)C1. The lowest BCUT2D eigenvalue weighted by Crippen LogP contribution is -2.48. The molecule has 0 saturated heterocycles. The minimum atomic E-state index is -0.215. The second kappa shape index (κ2) is 7.26. The fourth-order valence-electron chi connectivity index (χ4n) is 2.41. The standard InChI is InChI=1S/C17H21NO3/c1-3-21-15-10-14(11-15)18-17(20)16-9-12(2)6-7-13(16)5-4-8-19/h6-7,9,14-15,19H,3,8,10-11H2,1-2H3,(H,18,20). The van der Waals surface area contributed by atoms with Gasteiger partial charge in [-0.05, 0) is 38.8 Å². The highest BCUT2D eigenvalue weighted by molar-refractivity contribution is 5.97. The summed E-state index contributed by atoms with van der Waals surface area (Å²) in [5, 5.41) is 11.8. The molecule has 2 rings (SSSR count). The molecule has 0 unspecified atom stereocenters. The molecule has 1 fully saturated rings. The molecule has 4 nitrogen and oxygen atoms in total. The smallest absolute Gasteiger partial charge is 0.252 e. The molecule has 112 valence electrons. The first-order chi connectivity index (χ1) is 10.1. The Morgan fingerprint density at radius 2 is 2.24 bits per heavy atom. The van der Waals surface area contributed by atoms with Crippen molar-refractivity contribution in [1.29, 1.82) is 0 Å². The normalized spacial score (nSPS) is 20.1. The van der Waals surface area contributed by atoms with E-state index in [0.717, 1.165) is 18.4 Å². The molecule has 0 radical (unpaired) electrons. The van der Waals surface area contributed by atoms with Crippen LogP contribution in [0.3, 0.4) is 0 Å². The quantitative estimate of drug-likeness (QED) is 0.828. The van der Waals surface area contributed by atoms with E-state index in [9.17, 15) is 4.79 Å². The number of carbonyl (C=O) groups excluding carboxylic acids is 1. The minimum Gasteiger partial charge on any atom is -0.384 e. The molecule has 1 saturated carbocycles. The summed E-state index contributed by atoms with van der Waals surface area (Å²) in [6.07, 6.45) is 2.00. The third-order valence-corrected chi connectivity index (χ3v) is 3.55. The van der Waals surface area contributed by atoms with Crippen LogP contribution in [0.15, 0.2) is 18.2 Å². The van der Waals surface area contributed by atoms with Gasteiger partial charge in [-0.25, -0.2) is 0 Å². The van der Waals surface area contributed by atoms with Crippen molar-refractivity contribution >= 4 is 5.91 Å². The molecular formula is C17H21NO3. The van der Waals surface area contributed by atoms with Crippen molar-refractivity contribution in [2.45, 2.75) is 38.8 Å². The third-order valence-electron chi connectivity index (χ3n) is 3.55. The van der Waals surface area contributed by atoms with E-state index in [1.165, 1.54) is 0 Å². The Bertz CT molecular complexity index is 565. The molecule has 0 heterocycles.